The van der Waals surface area contributed by atoms with Crippen molar-refractivity contribution in [2.45, 2.75) is 19.8 Å². The number of benzene rings is 3. The Hall–Kier alpha value is -5.50. The minimum absolute atomic E-state index is 0.135. The van der Waals surface area contributed by atoms with Gasteiger partial charge in [0.1, 0.15) is 22.7 Å². The van der Waals surface area contributed by atoms with Crippen LogP contribution in [0.15, 0.2) is 92.8 Å². The van der Waals surface area contributed by atoms with Gasteiger partial charge in [-0.1, -0.05) is 42.5 Å². The van der Waals surface area contributed by atoms with Crippen LogP contribution in [-0.4, -0.2) is 35.9 Å². The van der Waals surface area contributed by atoms with Crippen molar-refractivity contribution in [1.82, 2.24) is 0 Å². The molecule has 3 aromatic carbocycles. The summed E-state index contributed by atoms with van der Waals surface area (Å²) in [6.45, 7) is 3.76. The summed E-state index contributed by atoms with van der Waals surface area (Å²) in [7, 11) is 1.57. The van der Waals surface area contributed by atoms with Crippen LogP contribution in [-0.2, 0) is 9.53 Å². The molecule has 1 aliphatic rings. The Kier molecular flexibility index (Phi) is 7.11. The second-order valence-corrected chi connectivity index (χ2v) is 10.1. The molecule has 1 aliphatic carbocycles. The molecule has 5 aromatic rings. The van der Waals surface area contributed by atoms with Crippen LogP contribution in [0.2, 0.25) is 0 Å². The van der Waals surface area contributed by atoms with Gasteiger partial charge in [0.25, 0.3) is 0 Å². The summed E-state index contributed by atoms with van der Waals surface area (Å²) in [5.74, 6) is -0.890. The molecule has 2 heterocycles. The SMILES string of the molecule is CCOC(=O)C1=C(C)C=c2oc(=Cc3ccc(-c4ccc(C(=O)O)cc4)o3)c(O)c2C1c1c(OC)ccc2ccccc12. The van der Waals surface area contributed by atoms with E-state index < -0.39 is 17.9 Å². The number of ether oxygens (including phenoxy) is 2. The topological polar surface area (TPSA) is 119 Å². The number of furan rings is 2. The molecule has 8 heteroatoms. The zero-order valence-corrected chi connectivity index (χ0v) is 23.7. The molecule has 2 aromatic heterocycles. The fraction of sp³-hybridized carbons (Fsp3) is 0.143. The summed E-state index contributed by atoms with van der Waals surface area (Å²) < 4.78 is 23.5. The number of esters is 1. The van der Waals surface area contributed by atoms with E-state index in [-0.39, 0.29) is 23.3 Å². The largest absolute Gasteiger partial charge is 0.504 e. The van der Waals surface area contributed by atoms with Gasteiger partial charge in [-0.3, -0.25) is 0 Å². The number of hydrogen-bond acceptors (Lipinski definition) is 7. The summed E-state index contributed by atoms with van der Waals surface area (Å²) in [5.41, 5.74) is 3.61. The summed E-state index contributed by atoms with van der Waals surface area (Å²) >= 11 is 0. The third-order valence-electron chi connectivity index (χ3n) is 7.57. The molecule has 216 valence electrons. The number of carbonyl (C=O) groups excluding carboxylic acids is 1. The van der Waals surface area contributed by atoms with E-state index in [0.717, 1.165) is 10.8 Å². The molecule has 0 spiro atoms. The molecule has 0 saturated carbocycles. The lowest BCUT2D eigenvalue weighted by Crippen LogP contribution is -2.25. The summed E-state index contributed by atoms with van der Waals surface area (Å²) in [4.78, 5) is 24.6. The van der Waals surface area contributed by atoms with Gasteiger partial charge in [-0.2, -0.15) is 0 Å². The lowest BCUT2D eigenvalue weighted by atomic mass is 9.78. The van der Waals surface area contributed by atoms with E-state index in [0.29, 0.717) is 50.5 Å². The average molecular weight is 577 g/mol. The number of aromatic hydroxyl groups is 1. The van der Waals surface area contributed by atoms with Gasteiger partial charge in [0.2, 0.25) is 0 Å². The van der Waals surface area contributed by atoms with Crippen LogP contribution in [0.3, 0.4) is 0 Å². The van der Waals surface area contributed by atoms with Gasteiger partial charge in [-0.15, -0.1) is 0 Å². The summed E-state index contributed by atoms with van der Waals surface area (Å²) in [5, 5.41) is 22.7. The van der Waals surface area contributed by atoms with Crippen molar-refractivity contribution >= 4 is 34.9 Å². The maximum Gasteiger partial charge on any atom is 0.335 e. The van der Waals surface area contributed by atoms with Gasteiger partial charge < -0.3 is 28.5 Å². The Balaban J connectivity index is 1.52. The number of carboxylic acids is 1. The molecule has 1 atom stereocenters. The molecule has 0 aliphatic heterocycles. The van der Waals surface area contributed by atoms with Gasteiger partial charge in [0, 0.05) is 17.2 Å². The molecule has 8 nitrogen and oxygen atoms in total. The van der Waals surface area contributed by atoms with Crippen LogP contribution in [0, 0.1) is 0 Å². The van der Waals surface area contributed by atoms with E-state index in [4.69, 9.17) is 18.3 Å². The van der Waals surface area contributed by atoms with Gasteiger partial charge in [-0.05, 0) is 66.6 Å². The highest BCUT2D eigenvalue weighted by molar-refractivity contribution is 5.98. The van der Waals surface area contributed by atoms with E-state index in [1.165, 1.54) is 12.1 Å². The van der Waals surface area contributed by atoms with Gasteiger partial charge in [0.15, 0.2) is 11.2 Å². The van der Waals surface area contributed by atoms with Crippen LogP contribution in [0.25, 0.3) is 34.2 Å². The van der Waals surface area contributed by atoms with E-state index in [1.807, 2.05) is 43.3 Å². The third kappa shape index (κ3) is 4.86. The number of methoxy groups -OCH3 is 1. The van der Waals surface area contributed by atoms with Crippen molar-refractivity contribution in [2.24, 2.45) is 0 Å². The Morgan fingerprint density at radius 1 is 0.953 bits per heavy atom. The smallest absolute Gasteiger partial charge is 0.335 e. The van der Waals surface area contributed by atoms with E-state index >= 15 is 0 Å². The third-order valence-corrected chi connectivity index (χ3v) is 7.57. The number of carbonyl (C=O) groups is 2. The molecule has 0 bridgehead atoms. The van der Waals surface area contributed by atoms with Crippen molar-refractivity contribution in [3.05, 3.63) is 117 Å². The fourth-order valence-electron chi connectivity index (χ4n) is 5.62. The molecular weight excluding hydrogens is 548 g/mol. The molecule has 43 heavy (non-hydrogen) atoms. The zero-order chi connectivity index (χ0) is 30.2. The van der Waals surface area contributed by atoms with Crippen molar-refractivity contribution < 1.29 is 38.1 Å². The first kappa shape index (κ1) is 27.7. The van der Waals surface area contributed by atoms with Crippen LogP contribution in [0.1, 0.15) is 47.0 Å². The van der Waals surface area contributed by atoms with Crippen LogP contribution < -0.4 is 15.6 Å². The zero-order valence-electron chi connectivity index (χ0n) is 23.7. The maximum atomic E-state index is 13.4. The molecule has 2 N–H and O–H groups in total. The number of allylic oxidation sites excluding steroid dienone is 1. The minimum atomic E-state index is -1.01. The number of rotatable bonds is 7. The Bertz CT molecular complexity index is 2040. The Morgan fingerprint density at radius 3 is 2.44 bits per heavy atom. The highest BCUT2D eigenvalue weighted by Crippen LogP contribution is 2.45. The van der Waals surface area contributed by atoms with Crippen LogP contribution in [0.4, 0.5) is 0 Å². The fourth-order valence-corrected chi connectivity index (χ4v) is 5.62. The molecule has 0 amide bonds. The lowest BCUT2D eigenvalue weighted by Gasteiger charge is -2.26. The first-order chi connectivity index (χ1) is 20.8. The average Bonchev–Trinajstić information content (AvgIpc) is 3.60. The second-order valence-electron chi connectivity index (χ2n) is 10.1. The molecule has 0 radical (unpaired) electrons. The standard InChI is InChI=1S/C35H28O8/c1-4-41-35(39)29-19(2)17-27-31(32(29)30-24-8-6-5-7-20(24)13-15-26(30)40-3)33(36)28(43-27)18-23-14-16-25(42-23)21-9-11-22(12-10-21)34(37)38/h5-18,32,36H,4H2,1-3H3,(H,37,38). The van der Waals surface area contributed by atoms with Crippen molar-refractivity contribution in [3.8, 4) is 22.8 Å². The normalized spacial score (nSPS) is 14.9. The van der Waals surface area contributed by atoms with E-state index in [9.17, 15) is 19.8 Å². The van der Waals surface area contributed by atoms with Crippen LogP contribution >= 0.6 is 0 Å². The van der Waals surface area contributed by atoms with Crippen molar-refractivity contribution in [1.29, 1.82) is 0 Å². The first-order valence-corrected chi connectivity index (χ1v) is 13.7. The maximum absolute atomic E-state index is 13.4. The van der Waals surface area contributed by atoms with Crippen molar-refractivity contribution in [2.75, 3.05) is 13.7 Å². The van der Waals surface area contributed by atoms with Crippen molar-refractivity contribution in [3.63, 3.8) is 0 Å². The highest BCUT2D eigenvalue weighted by atomic mass is 16.5. The number of carboxylic acid groups (broad SMARTS) is 1. The Morgan fingerprint density at radius 2 is 1.72 bits per heavy atom. The number of hydrogen-bond donors (Lipinski definition) is 2. The van der Waals surface area contributed by atoms with E-state index in [2.05, 4.69) is 0 Å². The quantitative estimate of drug-likeness (QED) is 0.236. The Labute approximate surface area is 246 Å². The van der Waals surface area contributed by atoms with Crippen LogP contribution in [0.5, 0.6) is 11.5 Å². The molecule has 6 rings (SSSR count). The minimum Gasteiger partial charge on any atom is -0.504 e. The molecular formula is C35H28O8. The molecule has 0 saturated heterocycles. The first-order valence-electron chi connectivity index (χ1n) is 13.7. The summed E-state index contributed by atoms with van der Waals surface area (Å²) in [6.07, 6.45) is 3.30. The molecule has 0 fully saturated rings. The van der Waals surface area contributed by atoms with Gasteiger partial charge >= 0.3 is 11.9 Å². The summed E-state index contributed by atoms with van der Waals surface area (Å²) in [6, 6.07) is 21.4. The lowest BCUT2D eigenvalue weighted by molar-refractivity contribution is -0.138. The van der Waals surface area contributed by atoms with E-state index in [1.54, 1.807) is 50.5 Å². The number of aromatic carboxylic acids is 1. The predicted molar refractivity (Wildman–Crippen MR) is 160 cm³/mol. The number of fused-ring (bicyclic) bond motifs is 2. The molecule has 1 unspecified atom stereocenters. The van der Waals surface area contributed by atoms with Gasteiger partial charge in [0.05, 0.1) is 36.3 Å². The highest BCUT2D eigenvalue weighted by Gasteiger charge is 2.37. The predicted octanol–water partition coefficient (Wildman–Crippen LogP) is 5.74. The second kappa shape index (κ2) is 11.1. The van der Waals surface area contributed by atoms with Gasteiger partial charge in [-0.25, -0.2) is 9.59 Å². The monoisotopic (exact) mass is 576 g/mol.